The number of anilines is 2. The van der Waals surface area contributed by atoms with Crippen molar-refractivity contribution in [3.8, 4) is 11.5 Å². The molecule has 1 atom stereocenters. The molecule has 2 aromatic carbocycles. The number of rotatable bonds is 8. The fourth-order valence-electron chi connectivity index (χ4n) is 5.04. The van der Waals surface area contributed by atoms with E-state index >= 15 is 0 Å². The number of carbonyl (C=O) groups excluding carboxylic acids is 3. The number of nitrogens with zero attached hydrogens (tertiary/aromatic N) is 1. The molecule has 2 aliphatic carbocycles. The van der Waals surface area contributed by atoms with Crippen LogP contribution in [0.15, 0.2) is 54.7 Å². The quantitative estimate of drug-likeness (QED) is 0.248. The van der Waals surface area contributed by atoms with Crippen LogP contribution in [0.2, 0.25) is 0 Å². The summed E-state index contributed by atoms with van der Waals surface area (Å²) in [5.41, 5.74) is 0.409. The fourth-order valence-corrected chi connectivity index (χ4v) is 5.04. The number of aryl methyl sites for hydroxylation is 1. The number of ether oxygens (including phenoxy) is 2. The molecule has 1 aromatic heterocycles. The number of hydrogen-bond acceptors (Lipinski definition) is 6. The molecule has 238 valence electrons. The molecule has 0 saturated heterocycles. The monoisotopic (exact) mass is 624 g/mol. The van der Waals surface area contributed by atoms with E-state index in [1.807, 2.05) is 18.2 Å². The molecule has 1 unspecified atom stereocenters. The summed E-state index contributed by atoms with van der Waals surface area (Å²) in [6.07, 6.45) is -0.589. The molecular weight excluding hydrogens is 589 g/mol. The largest absolute Gasteiger partial charge is 0.457 e. The molecule has 12 heteroatoms. The molecule has 0 spiro atoms. The first-order chi connectivity index (χ1) is 21.2. The van der Waals surface area contributed by atoms with Crippen molar-refractivity contribution in [2.75, 3.05) is 10.6 Å². The van der Waals surface area contributed by atoms with E-state index in [4.69, 9.17) is 9.47 Å². The van der Waals surface area contributed by atoms with Crippen LogP contribution < -0.4 is 20.7 Å². The van der Waals surface area contributed by atoms with Crippen molar-refractivity contribution < 1.29 is 37.0 Å². The second kappa shape index (κ2) is 12.8. The maximum atomic E-state index is 13.7. The Bertz CT molecular complexity index is 1600. The van der Waals surface area contributed by atoms with Gasteiger partial charge in [0.05, 0.1) is 5.56 Å². The van der Waals surface area contributed by atoms with Crippen LogP contribution in [0.3, 0.4) is 0 Å². The summed E-state index contributed by atoms with van der Waals surface area (Å²) in [4.78, 5) is 41.6. The van der Waals surface area contributed by atoms with Crippen LogP contribution in [0.5, 0.6) is 11.5 Å². The van der Waals surface area contributed by atoms with Crippen LogP contribution in [0.25, 0.3) is 0 Å². The molecule has 0 radical (unpaired) electrons. The third-order valence-corrected chi connectivity index (χ3v) is 7.37. The van der Waals surface area contributed by atoms with E-state index in [0.717, 1.165) is 36.1 Å². The smallest absolute Gasteiger partial charge is 0.416 e. The maximum absolute atomic E-state index is 13.7. The summed E-state index contributed by atoms with van der Waals surface area (Å²) in [5, 5.41) is 7.90. The van der Waals surface area contributed by atoms with Crippen LogP contribution in [0.1, 0.15) is 62.3 Å². The lowest BCUT2D eigenvalue weighted by Crippen LogP contribution is -2.32. The normalized spacial score (nSPS) is 16.3. The van der Waals surface area contributed by atoms with Crippen LogP contribution >= 0.6 is 0 Å². The molecule has 1 fully saturated rings. The van der Waals surface area contributed by atoms with Gasteiger partial charge >= 0.3 is 12.3 Å². The molecule has 5 rings (SSSR count). The lowest BCUT2D eigenvalue weighted by atomic mass is 9.83. The van der Waals surface area contributed by atoms with Crippen molar-refractivity contribution >= 4 is 29.4 Å². The van der Waals surface area contributed by atoms with Gasteiger partial charge in [0.15, 0.2) is 0 Å². The number of alkyl halides is 3. The van der Waals surface area contributed by atoms with Gasteiger partial charge in [-0.25, -0.2) is 9.78 Å². The Hall–Kier alpha value is -4.61. The van der Waals surface area contributed by atoms with Crippen molar-refractivity contribution in [1.82, 2.24) is 10.3 Å². The minimum atomic E-state index is -4.65. The molecule has 3 aromatic rings. The van der Waals surface area contributed by atoms with Gasteiger partial charge in [-0.3, -0.25) is 9.59 Å². The average molecular weight is 625 g/mol. The molecule has 3 N–H and O–H groups in total. The zero-order valence-corrected chi connectivity index (χ0v) is 25.2. The van der Waals surface area contributed by atoms with Crippen LogP contribution in [-0.2, 0) is 39.9 Å². The predicted molar refractivity (Wildman–Crippen MR) is 161 cm³/mol. The molecule has 0 bridgehead atoms. The van der Waals surface area contributed by atoms with E-state index in [2.05, 4.69) is 20.9 Å². The van der Waals surface area contributed by atoms with Crippen LogP contribution in [0, 0.1) is 11.8 Å². The minimum absolute atomic E-state index is 0.0130. The standard InChI is InChI=1S/C33H35F3N4O5/c1-32(2,3)45-31(43)38-18-19-12-24(33(34,35)36)16-25(13-19)39-30(42)22-7-4-20-8-9-26(15-23(20)14-22)44-27-10-11-37-28(17-27)40-29(41)21-5-6-21/h8-13,15-17,21-22H,4-7,14,18H2,1-3H3,(H,38,43)(H,39,42)(H,37,40,41). The maximum Gasteiger partial charge on any atom is 0.416 e. The highest BCUT2D eigenvalue weighted by Gasteiger charge is 2.32. The SMILES string of the molecule is CC(C)(C)OC(=O)NCc1cc(NC(=O)C2CCc3ccc(Oc4ccnc(NC(=O)C5CC5)c4)cc3C2)cc(C(F)(F)F)c1. The van der Waals surface area contributed by atoms with E-state index in [1.165, 1.54) is 6.07 Å². The summed E-state index contributed by atoms with van der Waals surface area (Å²) in [6, 6.07) is 12.2. The number of fused-ring (bicyclic) bond motifs is 1. The van der Waals surface area contributed by atoms with Gasteiger partial charge in [-0.2, -0.15) is 13.2 Å². The number of amides is 3. The van der Waals surface area contributed by atoms with Gasteiger partial charge in [-0.1, -0.05) is 6.07 Å². The molecule has 9 nitrogen and oxygen atoms in total. The Kier molecular flexibility index (Phi) is 9.03. The zero-order valence-electron chi connectivity index (χ0n) is 25.2. The van der Waals surface area contributed by atoms with E-state index in [9.17, 15) is 27.6 Å². The Morgan fingerprint density at radius 2 is 1.60 bits per heavy atom. The summed E-state index contributed by atoms with van der Waals surface area (Å²) in [7, 11) is 0. The first-order valence-corrected chi connectivity index (χ1v) is 14.8. The molecular formula is C33H35F3N4O5. The molecule has 1 heterocycles. The lowest BCUT2D eigenvalue weighted by Gasteiger charge is -2.25. The molecule has 0 aliphatic heterocycles. The average Bonchev–Trinajstić information content (AvgIpc) is 3.80. The van der Waals surface area contributed by atoms with Crippen LogP contribution in [-0.4, -0.2) is 28.5 Å². The van der Waals surface area contributed by atoms with E-state index in [1.54, 1.807) is 39.1 Å². The lowest BCUT2D eigenvalue weighted by molar-refractivity contribution is -0.137. The Morgan fingerprint density at radius 1 is 0.867 bits per heavy atom. The number of hydrogen-bond donors (Lipinski definition) is 3. The second-order valence-corrected chi connectivity index (χ2v) is 12.4. The summed E-state index contributed by atoms with van der Waals surface area (Å²) < 4.78 is 52.2. The summed E-state index contributed by atoms with van der Waals surface area (Å²) in [6.45, 7) is 4.82. The predicted octanol–water partition coefficient (Wildman–Crippen LogP) is 7.01. The third kappa shape index (κ3) is 8.96. The van der Waals surface area contributed by atoms with E-state index in [-0.39, 0.29) is 29.6 Å². The van der Waals surface area contributed by atoms with Gasteiger partial charge in [0, 0.05) is 36.3 Å². The number of carbonyl (C=O) groups is 3. The number of halogens is 3. The van der Waals surface area contributed by atoms with Crippen molar-refractivity contribution in [3.63, 3.8) is 0 Å². The van der Waals surface area contributed by atoms with Crippen molar-refractivity contribution in [1.29, 1.82) is 0 Å². The number of benzene rings is 2. The molecule has 2 aliphatic rings. The highest BCUT2D eigenvalue weighted by molar-refractivity contribution is 5.94. The van der Waals surface area contributed by atoms with Gasteiger partial charge in [0.25, 0.3) is 0 Å². The highest BCUT2D eigenvalue weighted by Crippen LogP contribution is 2.35. The first-order valence-electron chi connectivity index (χ1n) is 14.8. The van der Waals surface area contributed by atoms with Crippen molar-refractivity contribution in [3.05, 3.63) is 77.0 Å². The van der Waals surface area contributed by atoms with Crippen molar-refractivity contribution in [2.45, 2.75) is 71.2 Å². The first kappa shape index (κ1) is 31.8. The minimum Gasteiger partial charge on any atom is -0.457 e. The summed E-state index contributed by atoms with van der Waals surface area (Å²) in [5.74, 6) is 0.537. The Balaban J connectivity index is 1.24. The van der Waals surface area contributed by atoms with Gasteiger partial charge in [-0.15, -0.1) is 0 Å². The van der Waals surface area contributed by atoms with Gasteiger partial charge in [0.1, 0.15) is 22.9 Å². The molecule has 45 heavy (non-hydrogen) atoms. The highest BCUT2D eigenvalue weighted by atomic mass is 19.4. The Morgan fingerprint density at radius 3 is 2.31 bits per heavy atom. The number of aromatic nitrogens is 1. The Labute approximate surface area is 258 Å². The van der Waals surface area contributed by atoms with Crippen LogP contribution in [0.4, 0.5) is 29.5 Å². The zero-order chi connectivity index (χ0) is 32.4. The molecule has 3 amide bonds. The van der Waals surface area contributed by atoms with Gasteiger partial charge in [-0.05, 0) is 106 Å². The number of alkyl carbamates (subject to hydrolysis) is 1. The third-order valence-electron chi connectivity index (χ3n) is 7.37. The van der Waals surface area contributed by atoms with E-state index in [0.29, 0.717) is 36.6 Å². The van der Waals surface area contributed by atoms with Crippen molar-refractivity contribution in [2.24, 2.45) is 11.8 Å². The van der Waals surface area contributed by atoms with Gasteiger partial charge < -0.3 is 25.4 Å². The van der Waals surface area contributed by atoms with Gasteiger partial charge in [0.2, 0.25) is 11.8 Å². The van der Waals surface area contributed by atoms with E-state index < -0.39 is 35.3 Å². The number of nitrogens with one attached hydrogen (secondary N) is 3. The second-order valence-electron chi connectivity index (χ2n) is 12.4. The number of pyridine rings is 1. The fraction of sp³-hybridized carbons (Fsp3) is 0.394. The molecule has 1 saturated carbocycles. The summed E-state index contributed by atoms with van der Waals surface area (Å²) >= 11 is 0. The topological polar surface area (TPSA) is 119 Å².